The minimum absolute atomic E-state index is 0.0233. The van der Waals surface area contributed by atoms with E-state index in [-0.39, 0.29) is 18.6 Å². The normalized spacial score (nSPS) is 13.7. The molecule has 4 nitrogen and oxygen atoms in total. The van der Waals surface area contributed by atoms with Gasteiger partial charge in [0, 0.05) is 37.0 Å². The fourth-order valence-corrected chi connectivity index (χ4v) is 2.12. The van der Waals surface area contributed by atoms with Gasteiger partial charge in [-0.05, 0) is 38.7 Å². The molecule has 1 amide bonds. The van der Waals surface area contributed by atoms with E-state index in [4.69, 9.17) is 5.11 Å². The largest absolute Gasteiger partial charge is 0.395 e. The van der Waals surface area contributed by atoms with Crippen LogP contribution >= 0.6 is 0 Å². The highest BCUT2D eigenvalue weighted by Gasteiger charge is 2.28. The van der Waals surface area contributed by atoms with Crippen LogP contribution in [0.2, 0.25) is 0 Å². The molecule has 0 aromatic carbocycles. The Morgan fingerprint density at radius 1 is 1.48 bits per heavy atom. The summed E-state index contributed by atoms with van der Waals surface area (Å²) in [5.41, 5.74) is 1.30. The molecule has 21 heavy (non-hydrogen) atoms. The fourth-order valence-electron chi connectivity index (χ4n) is 2.12. The molecule has 0 atom stereocenters. The molecule has 112 valence electrons. The number of nitrogens with zero attached hydrogens (tertiary/aromatic N) is 2. The molecule has 1 aromatic heterocycles. The summed E-state index contributed by atoms with van der Waals surface area (Å²) < 4.78 is 0. The van der Waals surface area contributed by atoms with Crippen LogP contribution in [0, 0.1) is 17.8 Å². The monoisotopic (exact) mass is 286 g/mol. The molecule has 0 bridgehead atoms. The lowest BCUT2D eigenvalue weighted by Gasteiger charge is -2.26. The van der Waals surface area contributed by atoms with Crippen molar-refractivity contribution in [2.75, 3.05) is 13.2 Å². The van der Waals surface area contributed by atoms with Gasteiger partial charge in [-0.15, -0.1) is 0 Å². The summed E-state index contributed by atoms with van der Waals surface area (Å²) in [6.45, 7) is 4.95. The van der Waals surface area contributed by atoms with Crippen molar-refractivity contribution in [1.29, 1.82) is 0 Å². The van der Waals surface area contributed by atoms with Crippen LogP contribution in [0.3, 0.4) is 0 Å². The van der Waals surface area contributed by atoms with Crippen molar-refractivity contribution in [2.45, 2.75) is 39.2 Å². The molecule has 2 rings (SSSR count). The average Bonchev–Trinajstić information content (AvgIpc) is 3.28. The van der Waals surface area contributed by atoms with Crippen molar-refractivity contribution < 1.29 is 9.90 Å². The van der Waals surface area contributed by atoms with E-state index in [1.807, 2.05) is 18.7 Å². The predicted molar refractivity (Wildman–Crippen MR) is 81.7 cm³/mol. The summed E-state index contributed by atoms with van der Waals surface area (Å²) in [7, 11) is 0. The maximum Gasteiger partial charge on any atom is 0.255 e. The first kappa shape index (κ1) is 15.5. The summed E-state index contributed by atoms with van der Waals surface area (Å²) in [5.74, 6) is 6.45. The van der Waals surface area contributed by atoms with Crippen LogP contribution < -0.4 is 0 Å². The van der Waals surface area contributed by atoms with Crippen LogP contribution in [0.5, 0.6) is 0 Å². The van der Waals surface area contributed by atoms with Crippen LogP contribution in [0.1, 0.15) is 49.0 Å². The minimum Gasteiger partial charge on any atom is -0.395 e. The van der Waals surface area contributed by atoms with Gasteiger partial charge in [0.2, 0.25) is 0 Å². The zero-order valence-corrected chi connectivity index (χ0v) is 12.7. The molecule has 1 aromatic rings. The Balaban J connectivity index is 2.13. The first-order valence-electron chi connectivity index (χ1n) is 7.47. The highest BCUT2D eigenvalue weighted by Crippen LogP contribution is 2.30. The van der Waals surface area contributed by atoms with Gasteiger partial charge in [0.15, 0.2) is 0 Å². The maximum atomic E-state index is 12.6. The third-order valence-corrected chi connectivity index (χ3v) is 3.49. The lowest BCUT2D eigenvalue weighted by atomic mass is 10.1. The molecule has 1 fully saturated rings. The molecule has 1 heterocycles. The van der Waals surface area contributed by atoms with E-state index in [1.165, 1.54) is 12.8 Å². The number of hydrogen-bond donors (Lipinski definition) is 1. The van der Waals surface area contributed by atoms with E-state index in [9.17, 15) is 4.79 Å². The standard InChI is InChI=1S/C17H22N2O2/c1-13(2)19(12-14-6-7-14)17(21)16-9-15(10-18-11-16)5-3-4-8-20/h9-11,13-14,20H,4,6-8,12H2,1-2H3. The average molecular weight is 286 g/mol. The Kier molecular flexibility index (Phi) is 5.35. The summed E-state index contributed by atoms with van der Waals surface area (Å²) in [6.07, 6.45) is 6.12. The van der Waals surface area contributed by atoms with Crippen molar-refractivity contribution in [2.24, 2.45) is 5.92 Å². The van der Waals surface area contributed by atoms with E-state index in [0.717, 1.165) is 6.54 Å². The fraction of sp³-hybridized carbons (Fsp3) is 0.529. The molecule has 0 spiro atoms. The SMILES string of the molecule is CC(C)N(CC1CC1)C(=O)c1cncc(C#CCCO)c1. The molecule has 0 radical (unpaired) electrons. The molecule has 1 N–H and O–H groups in total. The minimum atomic E-state index is 0.0233. The van der Waals surface area contributed by atoms with Crippen LogP contribution in [-0.4, -0.2) is 40.1 Å². The van der Waals surface area contributed by atoms with Gasteiger partial charge in [0.25, 0.3) is 5.91 Å². The van der Waals surface area contributed by atoms with E-state index < -0.39 is 0 Å². The molecular formula is C17H22N2O2. The second kappa shape index (κ2) is 7.24. The lowest BCUT2D eigenvalue weighted by Crippen LogP contribution is -2.38. The first-order valence-corrected chi connectivity index (χ1v) is 7.47. The Morgan fingerprint density at radius 2 is 2.24 bits per heavy atom. The third-order valence-electron chi connectivity index (χ3n) is 3.49. The number of pyridine rings is 1. The molecule has 4 heteroatoms. The van der Waals surface area contributed by atoms with Crippen LogP contribution in [0.15, 0.2) is 18.5 Å². The van der Waals surface area contributed by atoms with Gasteiger partial charge in [-0.25, -0.2) is 0 Å². The highest BCUT2D eigenvalue weighted by atomic mass is 16.2. The number of carbonyl (C=O) groups excluding carboxylic acids is 1. The van der Waals surface area contributed by atoms with Gasteiger partial charge in [-0.2, -0.15) is 0 Å². The molecule has 1 aliphatic carbocycles. The quantitative estimate of drug-likeness (QED) is 0.843. The summed E-state index contributed by atoms with van der Waals surface area (Å²) in [5, 5.41) is 8.73. The van der Waals surface area contributed by atoms with E-state index >= 15 is 0 Å². The zero-order valence-electron chi connectivity index (χ0n) is 12.7. The van der Waals surface area contributed by atoms with Crippen LogP contribution in [0.4, 0.5) is 0 Å². The second-order valence-corrected chi connectivity index (χ2v) is 5.73. The van der Waals surface area contributed by atoms with Crippen molar-refractivity contribution in [1.82, 2.24) is 9.88 Å². The number of amides is 1. The second-order valence-electron chi connectivity index (χ2n) is 5.73. The van der Waals surface area contributed by atoms with Crippen molar-refractivity contribution in [3.63, 3.8) is 0 Å². The Morgan fingerprint density at radius 3 is 2.86 bits per heavy atom. The zero-order chi connectivity index (χ0) is 15.2. The molecule has 1 aliphatic rings. The van der Waals surface area contributed by atoms with Crippen LogP contribution in [-0.2, 0) is 0 Å². The summed E-state index contributed by atoms with van der Waals surface area (Å²) in [6, 6.07) is 1.96. The van der Waals surface area contributed by atoms with Gasteiger partial charge in [-0.1, -0.05) is 11.8 Å². The number of rotatable bonds is 5. The lowest BCUT2D eigenvalue weighted by molar-refractivity contribution is 0.0695. The number of hydrogen-bond acceptors (Lipinski definition) is 3. The van der Waals surface area contributed by atoms with Gasteiger partial charge in [0.05, 0.1) is 12.2 Å². The predicted octanol–water partition coefficient (Wildman–Crippen LogP) is 2.08. The van der Waals surface area contributed by atoms with Gasteiger partial charge < -0.3 is 10.0 Å². The van der Waals surface area contributed by atoms with Gasteiger partial charge in [0.1, 0.15) is 0 Å². The molecule has 1 saturated carbocycles. The van der Waals surface area contributed by atoms with E-state index in [1.54, 1.807) is 18.5 Å². The summed E-state index contributed by atoms with van der Waals surface area (Å²) in [4.78, 5) is 18.7. The van der Waals surface area contributed by atoms with Crippen molar-refractivity contribution in [3.8, 4) is 11.8 Å². The topological polar surface area (TPSA) is 53.4 Å². The van der Waals surface area contributed by atoms with Gasteiger partial charge >= 0.3 is 0 Å². The Hall–Kier alpha value is -1.86. The number of carbonyl (C=O) groups is 1. The van der Waals surface area contributed by atoms with E-state index in [0.29, 0.717) is 23.5 Å². The number of aliphatic hydroxyl groups excluding tert-OH is 1. The number of aromatic nitrogens is 1. The molecule has 0 saturated heterocycles. The van der Waals surface area contributed by atoms with Gasteiger partial charge in [-0.3, -0.25) is 9.78 Å². The van der Waals surface area contributed by atoms with Crippen molar-refractivity contribution in [3.05, 3.63) is 29.6 Å². The summed E-state index contributed by atoms with van der Waals surface area (Å²) >= 11 is 0. The maximum absolute atomic E-state index is 12.6. The number of aliphatic hydroxyl groups is 1. The third kappa shape index (κ3) is 4.57. The Labute approximate surface area is 126 Å². The van der Waals surface area contributed by atoms with E-state index in [2.05, 4.69) is 16.8 Å². The Bertz CT molecular complexity index is 553. The van der Waals surface area contributed by atoms with Crippen molar-refractivity contribution >= 4 is 5.91 Å². The smallest absolute Gasteiger partial charge is 0.255 e. The highest BCUT2D eigenvalue weighted by molar-refractivity contribution is 5.94. The molecular weight excluding hydrogens is 264 g/mol. The molecule has 0 unspecified atom stereocenters. The molecule has 0 aliphatic heterocycles. The van der Waals surface area contributed by atoms with Crippen LogP contribution in [0.25, 0.3) is 0 Å². The first-order chi connectivity index (χ1) is 10.1.